The molecule has 1 N–H and O–H groups in total. The average Bonchev–Trinajstić information content (AvgIpc) is 2.35. The smallest absolute Gasteiger partial charge is 0.123 e. The molecule has 2 unspecified atom stereocenters. The summed E-state index contributed by atoms with van der Waals surface area (Å²) in [5, 5.41) is 0. The van der Waals surface area contributed by atoms with Crippen LogP contribution < -0.4 is 4.72 Å². The van der Waals surface area contributed by atoms with E-state index in [0.29, 0.717) is 0 Å². The lowest BCUT2D eigenvalue weighted by Crippen LogP contribution is -2.38. The number of alkyl halides is 1. The van der Waals surface area contributed by atoms with E-state index in [1.807, 2.05) is 20.8 Å². The van der Waals surface area contributed by atoms with E-state index in [1.54, 1.807) is 18.2 Å². The summed E-state index contributed by atoms with van der Waals surface area (Å²) >= 11 is 3.49. The van der Waals surface area contributed by atoms with Crippen molar-refractivity contribution in [1.29, 1.82) is 0 Å². The van der Waals surface area contributed by atoms with Crippen molar-refractivity contribution < 1.29 is 8.60 Å². The third-order valence-corrected chi connectivity index (χ3v) is 5.05. The number of hydrogen-bond acceptors (Lipinski definition) is 1. The van der Waals surface area contributed by atoms with Crippen LogP contribution in [0.25, 0.3) is 0 Å². The summed E-state index contributed by atoms with van der Waals surface area (Å²) < 4.78 is 27.9. The second-order valence-electron chi connectivity index (χ2n) is 5.21. The van der Waals surface area contributed by atoms with Gasteiger partial charge in [-0.1, -0.05) is 34.1 Å². The predicted molar refractivity (Wildman–Crippen MR) is 83.1 cm³/mol. The quantitative estimate of drug-likeness (QED) is 0.635. The minimum Gasteiger partial charge on any atom is -0.242 e. The van der Waals surface area contributed by atoms with Crippen LogP contribution in [0.3, 0.4) is 0 Å². The van der Waals surface area contributed by atoms with Gasteiger partial charge in [0.25, 0.3) is 0 Å². The number of benzene rings is 1. The largest absolute Gasteiger partial charge is 0.242 e. The Bertz CT molecular complexity index is 456. The van der Waals surface area contributed by atoms with Crippen LogP contribution in [-0.2, 0) is 11.0 Å². The van der Waals surface area contributed by atoms with Crippen molar-refractivity contribution in [1.82, 2.24) is 4.72 Å². The fourth-order valence-electron chi connectivity index (χ4n) is 1.42. The average molecular weight is 348 g/mol. The van der Waals surface area contributed by atoms with E-state index in [-0.39, 0.29) is 21.4 Å². The number of halogens is 2. The number of nitrogens with one attached hydrogen (secondary N) is 1. The molecule has 1 rings (SSSR count). The van der Waals surface area contributed by atoms with Gasteiger partial charge < -0.3 is 0 Å². The summed E-state index contributed by atoms with van der Waals surface area (Å²) in [4.78, 5) is -0.0933. The Morgan fingerprint density at radius 1 is 1.37 bits per heavy atom. The maximum atomic E-state index is 13.0. The Labute approximate surface area is 125 Å². The molecule has 0 spiro atoms. The van der Waals surface area contributed by atoms with Crippen LogP contribution in [0.1, 0.15) is 32.4 Å². The van der Waals surface area contributed by atoms with E-state index in [4.69, 9.17) is 0 Å². The van der Waals surface area contributed by atoms with Gasteiger partial charge in [-0.3, -0.25) is 0 Å². The molecule has 0 aromatic heterocycles. The first-order chi connectivity index (χ1) is 8.75. The number of hydrogen-bond donors (Lipinski definition) is 1. The molecule has 0 radical (unpaired) electrons. The molecular formula is C14H19BrFNOS. The van der Waals surface area contributed by atoms with Crippen molar-refractivity contribution in [3.05, 3.63) is 48.3 Å². The first-order valence-corrected chi connectivity index (χ1v) is 8.02. The van der Waals surface area contributed by atoms with Gasteiger partial charge >= 0.3 is 0 Å². The Morgan fingerprint density at radius 2 is 1.89 bits per heavy atom. The van der Waals surface area contributed by atoms with Crippen molar-refractivity contribution in [2.75, 3.05) is 0 Å². The van der Waals surface area contributed by atoms with Crippen LogP contribution in [0.2, 0.25) is 0 Å². The highest BCUT2D eigenvalue weighted by molar-refractivity contribution is 9.09. The van der Waals surface area contributed by atoms with E-state index in [9.17, 15) is 8.60 Å². The van der Waals surface area contributed by atoms with E-state index >= 15 is 0 Å². The first kappa shape index (κ1) is 16.5. The fourth-order valence-corrected chi connectivity index (χ4v) is 2.89. The molecule has 0 bridgehead atoms. The monoisotopic (exact) mass is 347 g/mol. The molecule has 0 fully saturated rings. The van der Waals surface area contributed by atoms with Gasteiger partial charge in [-0.15, -0.1) is 6.58 Å². The molecule has 3 atom stereocenters. The summed E-state index contributed by atoms with van der Waals surface area (Å²) in [6.07, 6.45) is 1.72. The molecule has 106 valence electrons. The standard InChI is InChI=1S/C14H19BrFNOS/c1-5-12(15)13(17-19(18)14(2,3)4)10-6-8-11(16)9-7-10/h5-9,12-13,17H,1H2,2-4H3/t12?,13-,19?/m1/s1. The second-order valence-corrected chi connectivity index (χ2v) is 8.26. The third-order valence-electron chi connectivity index (χ3n) is 2.56. The molecule has 19 heavy (non-hydrogen) atoms. The summed E-state index contributed by atoms with van der Waals surface area (Å²) in [5.41, 5.74) is 0.862. The van der Waals surface area contributed by atoms with Crippen molar-refractivity contribution in [3.63, 3.8) is 0 Å². The van der Waals surface area contributed by atoms with Crippen LogP contribution in [0.5, 0.6) is 0 Å². The maximum absolute atomic E-state index is 13.0. The van der Waals surface area contributed by atoms with E-state index in [0.717, 1.165) is 5.56 Å². The molecule has 0 aliphatic heterocycles. The predicted octanol–water partition coefficient (Wildman–Crippen LogP) is 3.87. The molecule has 0 heterocycles. The molecule has 0 amide bonds. The van der Waals surface area contributed by atoms with E-state index in [1.165, 1.54) is 12.1 Å². The van der Waals surface area contributed by atoms with Gasteiger partial charge in [-0.2, -0.15) is 0 Å². The molecule has 0 aliphatic rings. The molecule has 0 saturated carbocycles. The molecule has 0 saturated heterocycles. The summed E-state index contributed by atoms with van der Waals surface area (Å²) in [6.45, 7) is 9.43. The van der Waals surface area contributed by atoms with Gasteiger partial charge in [-0.05, 0) is 38.5 Å². The molecule has 5 heteroatoms. The zero-order valence-corrected chi connectivity index (χ0v) is 13.7. The van der Waals surface area contributed by atoms with Crippen LogP contribution in [0.15, 0.2) is 36.9 Å². The highest BCUT2D eigenvalue weighted by atomic mass is 79.9. The van der Waals surface area contributed by atoms with Gasteiger partial charge in [0.2, 0.25) is 0 Å². The van der Waals surface area contributed by atoms with Crippen LogP contribution >= 0.6 is 15.9 Å². The van der Waals surface area contributed by atoms with Crippen molar-refractivity contribution >= 4 is 26.9 Å². The minimum atomic E-state index is -1.22. The normalized spacial score (nSPS) is 16.7. The van der Waals surface area contributed by atoms with Gasteiger partial charge in [-0.25, -0.2) is 13.3 Å². The van der Waals surface area contributed by atoms with Crippen molar-refractivity contribution in [2.45, 2.75) is 36.4 Å². The van der Waals surface area contributed by atoms with Gasteiger partial charge in [0.15, 0.2) is 0 Å². The van der Waals surface area contributed by atoms with E-state index < -0.39 is 11.0 Å². The van der Waals surface area contributed by atoms with Gasteiger partial charge in [0.1, 0.15) is 5.82 Å². The Hall–Kier alpha value is -0.520. The SMILES string of the molecule is C=CC(Br)[C@H](NS(=O)C(C)(C)C)c1ccc(F)cc1. The zero-order valence-electron chi connectivity index (χ0n) is 11.3. The fraction of sp³-hybridized carbons (Fsp3) is 0.429. The van der Waals surface area contributed by atoms with Gasteiger partial charge in [0, 0.05) is 0 Å². The topological polar surface area (TPSA) is 29.1 Å². The Kier molecular flexibility index (Phi) is 5.89. The van der Waals surface area contributed by atoms with Gasteiger partial charge in [0.05, 0.1) is 26.6 Å². The van der Waals surface area contributed by atoms with Crippen molar-refractivity contribution in [3.8, 4) is 0 Å². The lowest BCUT2D eigenvalue weighted by molar-refractivity contribution is 0.603. The lowest BCUT2D eigenvalue weighted by Gasteiger charge is -2.26. The Morgan fingerprint density at radius 3 is 2.32 bits per heavy atom. The number of rotatable bonds is 5. The molecule has 1 aromatic carbocycles. The third kappa shape index (κ3) is 4.82. The maximum Gasteiger partial charge on any atom is 0.123 e. The second kappa shape index (κ2) is 6.77. The zero-order chi connectivity index (χ0) is 14.6. The summed E-state index contributed by atoms with van der Waals surface area (Å²) in [7, 11) is -1.22. The van der Waals surface area contributed by atoms with E-state index in [2.05, 4.69) is 27.2 Å². The molecule has 1 aromatic rings. The highest BCUT2D eigenvalue weighted by Crippen LogP contribution is 2.26. The van der Waals surface area contributed by atoms with Crippen LogP contribution in [-0.4, -0.2) is 13.8 Å². The summed E-state index contributed by atoms with van der Waals surface area (Å²) in [6, 6.07) is 5.94. The first-order valence-electron chi connectivity index (χ1n) is 5.96. The lowest BCUT2D eigenvalue weighted by atomic mass is 10.0. The molecule has 2 nitrogen and oxygen atoms in total. The highest BCUT2D eigenvalue weighted by Gasteiger charge is 2.26. The van der Waals surface area contributed by atoms with Crippen LogP contribution in [0, 0.1) is 5.82 Å². The van der Waals surface area contributed by atoms with Crippen LogP contribution in [0.4, 0.5) is 4.39 Å². The molecular weight excluding hydrogens is 329 g/mol. The summed E-state index contributed by atoms with van der Waals surface area (Å²) in [5.74, 6) is -0.288. The van der Waals surface area contributed by atoms with Crippen molar-refractivity contribution in [2.24, 2.45) is 0 Å². The molecule has 0 aliphatic carbocycles. The minimum absolute atomic E-state index is 0.0933. The Balaban J connectivity index is 2.99.